The molecule has 5 aliphatic rings. The number of aryl methyl sites for hydroxylation is 1. The largest absolute Gasteiger partial charge is 0.464 e. The van der Waals surface area contributed by atoms with E-state index in [1.165, 1.54) is 36.9 Å². The minimum atomic E-state index is -2.72. The van der Waals surface area contributed by atoms with Crippen LogP contribution in [0.25, 0.3) is 27.6 Å². The van der Waals surface area contributed by atoms with Gasteiger partial charge in [-0.1, -0.05) is 45.4 Å². The summed E-state index contributed by atoms with van der Waals surface area (Å²) in [6.07, 6.45) is 4.65. The monoisotopic (exact) mass is 827 g/mol. The Balaban J connectivity index is 1.30. The van der Waals surface area contributed by atoms with Gasteiger partial charge in [-0.25, -0.2) is 14.2 Å². The van der Waals surface area contributed by atoms with Crippen molar-refractivity contribution < 1.29 is 27.8 Å². The fraction of sp³-hybridized carbons (Fsp3) is 0.596. The van der Waals surface area contributed by atoms with Gasteiger partial charge < -0.3 is 19.8 Å². The van der Waals surface area contributed by atoms with E-state index in [9.17, 15) is 18.4 Å². The van der Waals surface area contributed by atoms with Crippen molar-refractivity contribution in [1.82, 2.24) is 24.8 Å². The van der Waals surface area contributed by atoms with Crippen LogP contribution in [0.4, 0.5) is 8.78 Å². The maximum Gasteiger partial charge on any atom is 0.324 e. The van der Waals surface area contributed by atoms with Gasteiger partial charge in [0, 0.05) is 85.5 Å². The number of piperidine rings is 1. The summed E-state index contributed by atoms with van der Waals surface area (Å²) < 4.78 is 43.7. The van der Waals surface area contributed by atoms with Crippen LogP contribution in [0.2, 0.25) is 0 Å². The zero-order chi connectivity index (χ0) is 42.5. The first-order valence-corrected chi connectivity index (χ1v) is 22.1. The maximum absolute atomic E-state index is 14.6. The highest BCUT2D eigenvalue weighted by Crippen LogP contribution is 2.45. The van der Waals surface area contributed by atoms with E-state index in [-0.39, 0.29) is 36.7 Å². The molecule has 13 heteroatoms. The predicted molar refractivity (Wildman–Crippen MR) is 232 cm³/mol. The van der Waals surface area contributed by atoms with E-state index in [0.717, 1.165) is 58.6 Å². The number of ether oxygens (including phenoxy) is 2. The number of amides is 1. The molecule has 2 unspecified atom stereocenters. The Morgan fingerprint density at radius 2 is 1.82 bits per heavy atom. The molecular formula is C47H63F2N7O4. The Morgan fingerprint density at radius 3 is 2.58 bits per heavy atom. The number of methoxy groups -OCH3 is 1. The fourth-order valence-electron chi connectivity index (χ4n) is 10.5. The molecule has 3 saturated heterocycles. The van der Waals surface area contributed by atoms with E-state index < -0.39 is 35.8 Å². The van der Waals surface area contributed by atoms with Gasteiger partial charge in [0.15, 0.2) is 0 Å². The quantitative estimate of drug-likeness (QED) is 0.262. The van der Waals surface area contributed by atoms with Gasteiger partial charge in [-0.15, -0.1) is 0 Å². The molecule has 6 atom stereocenters. The number of hydrogen-bond donors (Lipinski definition) is 2. The number of rotatable bonds is 6. The maximum atomic E-state index is 14.6. The van der Waals surface area contributed by atoms with Gasteiger partial charge in [0.2, 0.25) is 0 Å². The van der Waals surface area contributed by atoms with Crippen molar-refractivity contribution >= 4 is 34.6 Å². The summed E-state index contributed by atoms with van der Waals surface area (Å²) in [7, 11) is 1.73. The molecule has 0 saturated carbocycles. The number of halogens is 2. The lowest BCUT2D eigenvalue weighted by Gasteiger charge is -2.48. The molecule has 0 radical (unpaired) electrons. The molecule has 3 fully saturated rings. The molecular weight excluding hydrogens is 765 g/mol. The first-order chi connectivity index (χ1) is 28.8. The Kier molecular flexibility index (Phi) is 12.4. The highest BCUT2D eigenvalue weighted by molar-refractivity contribution is 5.95. The van der Waals surface area contributed by atoms with Gasteiger partial charge in [0.25, 0.3) is 12.3 Å². The number of cyclic esters (lactones) is 1. The zero-order valence-corrected chi connectivity index (χ0v) is 36.2. The van der Waals surface area contributed by atoms with E-state index in [1.54, 1.807) is 13.2 Å². The Labute approximate surface area is 353 Å². The van der Waals surface area contributed by atoms with E-state index in [0.29, 0.717) is 49.5 Å². The molecule has 0 spiro atoms. The SMILES string of the molecule is CCn1c(C2=C([C@H](C)OC)N=CC(N3CCN4CCCC[C@@H]4C3)C2C)c2c3cc(ccc31)-c1cc(cc(C(F)F)c1)C[C@H](N)C(=O)N1CCC[C@H](N1)C(=O)OCC(C)(C)C2. The van der Waals surface area contributed by atoms with Crippen LogP contribution in [0, 0.1) is 11.3 Å². The van der Waals surface area contributed by atoms with Gasteiger partial charge >= 0.3 is 5.97 Å². The topological polar surface area (TPSA) is 118 Å². The lowest BCUT2D eigenvalue weighted by atomic mass is 9.80. The average Bonchev–Trinajstić information content (AvgIpc) is 3.55. The van der Waals surface area contributed by atoms with E-state index in [2.05, 4.69) is 72.8 Å². The summed E-state index contributed by atoms with van der Waals surface area (Å²) in [5.41, 5.74) is 16.2. The molecule has 6 heterocycles. The van der Waals surface area contributed by atoms with Crippen molar-refractivity contribution in [1.29, 1.82) is 0 Å². The Bertz CT molecular complexity index is 2170. The first kappa shape index (κ1) is 42.7. The molecule has 1 amide bonds. The lowest BCUT2D eigenvalue weighted by molar-refractivity contribution is -0.154. The standard InChI is InChI=1S/C47H63F2N7O4/c1-7-55-39-14-13-31-23-35(39)36(43(55)41-28(2)40(25-51-42(41)29(3)59-6)54-18-17-53-15-9-8-11-34(53)26-54)24-47(4,5)27-60-46(58)38-12-10-16-56(52-38)45(57)37(50)21-30-19-32(31)22-33(20-30)44(48)49/h13-14,19-20,22-23,25,28-29,34,37-38,40,44,52H,7-12,15-18,21,24,26-27,50H2,1-6H3/t28?,29-,34+,37-,38-,40?/m0/s1. The number of nitrogens with zero attached hydrogens (tertiary/aromatic N) is 5. The van der Waals surface area contributed by atoms with Gasteiger partial charge in [-0.2, -0.15) is 0 Å². The van der Waals surface area contributed by atoms with Crippen LogP contribution >= 0.6 is 0 Å². The highest BCUT2D eigenvalue weighted by Gasteiger charge is 2.40. The normalized spacial score (nSPS) is 27.6. The van der Waals surface area contributed by atoms with E-state index in [1.807, 2.05) is 12.1 Å². The van der Waals surface area contributed by atoms with Crippen LogP contribution in [-0.4, -0.2) is 114 Å². The molecule has 8 rings (SSSR count). The number of aliphatic imine (C=N–C) groups is 1. The fourth-order valence-corrected chi connectivity index (χ4v) is 10.5. The van der Waals surface area contributed by atoms with Crippen molar-refractivity contribution in [3.63, 3.8) is 0 Å². The Hall–Kier alpha value is -4.01. The summed E-state index contributed by atoms with van der Waals surface area (Å²) in [4.78, 5) is 37.9. The average molecular weight is 828 g/mol. The predicted octanol–water partition coefficient (Wildman–Crippen LogP) is 6.76. The lowest BCUT2D eigenvalue weighted by Crippen LogP contribution is -2.59. The summed E-state index contributed by atoms with van der Waals surface area (Å²) in [5, 5.41) is 2.41. The van der Waals surface area contributed by atoms with Crippen LogP contribution in [0.15, 0.2) is 47.1 Å². The number of fused-ring (bicyclic) bond motifs is 7. The van der Waals surface area contributed by atoms with Crippen molar-refractivity contribution in [2.24, 2.45) is 22.1 Å². The summed E-state index contributed by atoms with van der Waals surface area (Å²) in [6.45, 7) is 16.2. The molecule has 6 bridgehead atoms. The van der Waals surface area contributed by atoms with Crippen molar-refractivity contribution in [2.45, 2.75) is 123 Å². The third kappa shape index (κ3) is 8.32. The number of nitrogens with two attached hydrogens (primary N) is 1. The molecule has 3 N–H and O–H groups in total. The van der Waals surface area contributed by atoms with Crippen LogP contribution in [0.3, 0.4) is 0 Å². The highest BCUT2D eigenvalue weighted by atomic mass is 19.3. The molecule has 60 heavy (non-hydrogen) atoms. The number of benzene rings is 2. The summed E-state index contributed by atoms with van der Waals surface area (Å²) in [5.74, 6) is -0.742. The Morgan fingerprint density at radius 1 is 1.02 bits per heavy atom. The zero-order valence-electron chi connectivity index (χ0n) is 36.2. The minimum absolute atomic E-state index is 0.0573. The number of alkyl halides is 2. The number of aromatic nitrogens is 1. The molecule has 0 aliphatic carbocycles. The number of esters is 1. The first-order valence-electron chi connectivity index (χ1n) is 22.1. The van der Waals surface area contributed by atoms with Crippen LogP contribution in [0.5, 0.6) is 0 Å². The smallest absolute Gasteiger partial charge is 0.324 e. The number of nitrogens with one attached hydrogen (secondary N) is 1. The second kappa shape index (κ2) is 17.4. The molecule has 11 nitrogen and oxygen atoms in total. The number of carbonyl (C=O) groups is 2. The molecule has 3 aromatic rings. The molecule has 5 aliphatic heterocycles. The van der Waals surface area contributed by atoms with Crippen molar-refractivity contribution in [2.75, 3.05) is 46.4 Å². The summed E-state index contributed by atoms with van der Waals surface area (Å²) >= 11 is 0. The number of piperazine rings is 1. The van der Waals surface area contributed by atoms with Gasteiger partial charge in [-0.3, -0.25) is 29.4 Å². The van der Waals surface area contributed by atoms with Crippen molar-refractivity contribution in [3.05, 3.63) is 64.5 Å². The summed E-state index contributed by atoms with van der Waals surface area (Å²) in [6, 6.07) is 10.0. The van der Waals surface area contributed by atoms with Crippen LogP contribution < -0.4 is 11.2 Å². The third-order valence-corrected chi connectivity index (χ3v) is 13.7. The molecule has 324 valence electrons. The van der Waals surface area contributed by atoms with Crippen LogP contribution in [0.1, 0.15) is 95.5 Å². The second-order valence-electron chi connectivity index (χ2n) is 18.6. The van der Waals surface area contributed by atoms with Gasteiger partial charge in [0.05, 0.1) is 36.2 Å². The minimum Gasteiger partial charge on any atom is -0.464 e. The molecule has 1 aromatic heterocycles. The third-order valence-electron chi connectivity index (χ3n) is 13.7. The van der Waals surface area contributed by atoms with Gasteiger partial charge in [-0.05, 0) is 99.4 Å². The van der Waals surface area contributed by atoms with E-state index in [4.69, 9.17) is 20.2 Å². The number of hydrazine groups is 1. The van der Waals surface area contributed by atoms with E-state index >= 15 is 0 Å². The number of hydrogen-bond acceptors (Lipinski definition) is 9. The number of carbonyl (C=O) groups excluding carboxylic acids is 2. The van der Waals surface area contributed by atoms with Crippen molar-refractivity contribution in [3.8, 4) is 11.1 Å². The second-order valence-corrected chi connectivity index (χ2v) is 18.6. The molecule has 2 aromatic carbocycles. The van der Waals surface area contributed by atoms with Gasteiger partial charge in [0.1, 0.15) is 6.04 Å². The van der Waals surface area contributed by atoms with Crippen LogP contribution in [-0.2, 0) is 38.4 Å².